The van der Waals surface area contributed by atoms with Crippen LogP contribution in [0.1, 0.15) is 19.4 Å². The summed E-state index contributed by atoms with van der Waals surface area (Å²) in [5, 5.41) is 4.40. The average Bonchev–Trinajstić information content (AvgIpc) is 3.20. The summed E-state index contributed by atoms with van der Waals surface area (Å²) in [7, 11) is 0. The van der Waals surface area contributed by atoms with Crippen molar-refractivity contribution in [2.45, 2.75) is 13.8 Å². The molecule has 2 heterocycles. The zero-order valence-electron chi connectivity index (χ0n) is 15.4. The summed E-state index contributed by atoms with van der Waals surface area (Å²) >= 11 is 4.78. The molecule has 2 aromatic heterocycles. The fourth-order valence-corrected chi connectivity index (χ4v) is 3.99. The molecule has 0 fully saturated rings. The zero-order chi connectivity index (χ0) is 19.7. The molecule has 0 amide bonds. The second-order valence-electron chi connectivity index (χ2n) is 6.83. The lowest BCUT2D eigenvalue weighted by atomic mass is 10.2. The Morgan fingerprint density at radius 1 is 1.21 bits per heavy atom. The van der Waals surface area contributed by atoms with Gasteiger partial charge in [0.2, 0.25) is 4.96 Å². The van der Waals surface area contributed by atoms with Gasteiger partial charge < -0.3 is 4.74 Å². The SMILES string of the molecule is CC(C)COc1ccc(-c2nc3s/c(=C\c4cccc(Br)c4)c(=O)n3n2)cc1. The van der Waals surface area contributed by atoms with Crippen molar-refractivity contribution in [3.63, 3.8) is 0 Å². The molecule has 0 aliphatic carbocycles. The van der Waals surface area contributed by atoms with Gasteiger partial charge in [-0.1, -0.05) is 53.2 Å². The summed E-state index contributed by atoms with van der Waals surface area (Å²) in [6.07, 6.45) is 1.86. The first-order valence-corrected chi connectivity index (χ1v) is 10.5. The van der Waals surface area contributed by atoms with E-state index in [2.05, 4.69) is 39.9 Å². The molecule has 0 aliphatic rings. The number of rotatable bonds is 5. The van der Waals surface area contributed by atoms with Crippen molar-refractivity contribution in [3.8, 4) is 17.1 Å². The molecule has 0 N–H and O–H groups in total. The molecule has 0 radical (unpaired) electrons. The fraction of sp³-hybridized carbons (Fsp3) is 0.190. The summed E-state index contributed by atoms with van der Waals surface area (Å²) < 4.78 is 8.65. The van der Waals surface area contributed by atoms with Gasteiger partial charge in [0.1, 0.15) is 5.75 Å². The van der Waals surface area contributed by atoms with E-state index in [0.29, 0.717) is 27.8 Å². The van der Waals surface area contributed by atoms with Gasteiger partial charge >= 0.3 is 0 Å². The topological polar surface area (TPSA) is 56.5 Å². The van der Waals surface area contributed by atoms with Crippen LogP contribution in [0, 0.1) is 5.92 Å². The minimum absolute atomic E-state index is 0.157. The van der Waals surface area contributed by atoms with Crippen LogP contribution in [0.3, 0.4) is 0 Å². The molecule has 142 valence electrons. The molecular formula is C21H18BrN3O2S. The Balaban J connectivity index is 1.64. The lowest BCUT2D eigenvalue weighted by Gasteiger charge is -2.08. The van der Waals surface area contributed by atoms with Gasteiger partial charge in [0, 0.05) is 10.0 Å². The number of hydrogen-bond acceptors (Lipinski definition) is 5. The van der Waals surface area contributed by atoms with Crippen molar-refractivity contribution < 1.29 is 4.74 Å². The first-order valence-electron chi connectivity index (χ1n) is 8.90. The molecule has 4 rings (SSSR count). The molecule has 0 aliphatic heterocycles. The predicted molar refractivity (Wildman–Crippen MR) is 116 cm³/mol. The molecule has 0 bridgehead atoms. The van der Waals surface area contributed by atoms with Gasteiger partial charge in [0.15, 0.2) is 5.82 Å². The molecule has 7 heteroatoms. The second-order valence-corrected chi connectivity index (χ2v) is 8.75. The van der Waals surface area contributed by atoms with Crippen molar-refractivity contribution in [1.82, 2.24) is 14.6 Å². The van der Waals surface area contributed by atoms with Crippen LogP contribution in [-0.4, -0.2) is 21.2 Å². The maximum atomic E-state index is 12.7. The predicted octanol–water partition coefficient (Wildman–Crippen LogP) is 4.16. The third kappa shape index (κ3) is 4.00. The van der Waals surface area contributed by atoms with Gasteiger partial charge in [-0.2, -0.15) is 9.50 Å². The van der Waals surface area contributed by atoms with Gasteiger partial charge in [-0.25, -0.2) is 0 Å². The van der Waals surface area contributed by atoms with E-state index in [0.717, 1.165) is 21.3 Å². The molecule has 4 aromatic rings. The Kier molecular flexibility index (Phi) is 5.28. The van der Waals surface area contributed by atoms with Gasteiger partial charge in [0.05, 0.1) is 11.1 Å². The maximum Gasteiger partial charge on any atom is 0.291 e. The van der Waals surface area contributed by atoms with E-state index in [1.54, 1.807) is 0 Å². The number of nitrogens with zero attached hydrogens (tertiary/aromatic N) is 3. The Morgan fingerprint density at radius 2 is 2.00 bits per heavy atom. The van der Waals surface area contributed by atoms with E-state index in [4.69, 9.17) is 4.74 Å². The van der Waals surface area contributed by atoms with Crippen LogP contribution >= 0.6 is 27.3 Å². The van der Waals surface area contributed by atoms with Crippen LogP contribution < -0.4 is 14.8 Å². The van der Waals surface area contributed by atoms with Crippen LogP contribution in [-0.2, 0) is 0 Å². The van der Waals surface area contributed by atoms with Crippen LogP contribution in [0.15, 0.2) is 57.8 Å². The summed E-state index contributed by atoms with van der Waals surface area (Å²) in [5.41, 5.74) is 1.65. The van der Waals surface area contributed by atoms with Crippen LogP contribution in [0.4, 0.5) is 0 Å². The lowest BCUT2D eigenvalue weighted by Crippen LogP contribution is -2.23. The minimum Gasteiger partial charge on any atom is -0.493 e. The van der Waals surface area contributed by atoms with E-state index < -0.39 is 0 Å². The van der Waals surface area contributed by atoms with Gasteiger partial charge in [-0.15, -0.1) is 5.10 Å². The summed E-state index contributed by atoms with van der Waals surface area (Å²) in [6.45, 7) is 4.90. The average molecular weight is 456 g/mol. The summed E-state index contributed by atoms with van der Waals surface area (Å²) in [5.74, 6) is 1.82. The molecule has 0 saturated heterocycles. The number of hydrogen-bond donors (Lipinski definition) is 0. The number of fused-ring (bicyclic) bond motifs is 1. The molecule has 28 heavy (non-hydrogen) atoms. The highest BCUT2D eigenvalue weighted by Gasteiger charge is 2.12. The number of aromatic nitrogens is 3. The quantitative estimate of drug-likeness (QED) is 0.453. The normalized spacial score (nSPS) is 12.2. The Labute approximate surface area is 174 Å². The van der Waals surface area contributed by atoms with E-state index in [-0.39, 0.29) is 5.56 Å². The van der Waals surface area contributed by atoms with Gasteiger partial charge in [-0.05, 0) is 54.0 Å². The van der Waals surface area contributed by atoms with Crippen LogP contribution in [0.5, 0.6) is 5.75 Å². The highest BCUT2D eigenvalue weighted by atomic mass is 79.9. The Bertz CT molecular complexity index is 1230. The zero-order valence-corrected chi connectivity index (χ0v) is 17.8. The first-order chi connectivity index (χ1) is 13.5. The first kappa shape index (κ1) is 18.8. The van der Waals surface area contributed by atoms with Crippen molar-refractivity contribution in [2.75, 3.05) is 6.61 Å². The van der Waals surface area contributed by atoms with Crippen molar-refractivity contribution in [3.05, 3.63) is 73.5 Å². The second kappa shape index (κ2) is 7.85. The molecule has 0 unspecified atom stereocenters. The number of thiazole rings is 1. The van der Waals surface area contributed by atoms with Crippen LogP contribution in [0.2, 0.25) is 0 Å². The fourth-order valence-electron chi connectivity index (χ4n) is 2.67. The highest BCUT2D eigenvalue weighted by Crippen LogP contribution is 2.21. The number of halogens is 1. The summed E-state index contributed by atoms with van der Waals surface area (Å²) in [4.78, 5) is 17.8. The largest absolute Gasteiger partial charge is 0.493 e. The molecular weight excluding hydrogens is 438 g/mol. The highest BCUT2D eigenvalue weighted by molar-refractivity contribution is 9.10. The Hall–Kier alpha value is -2.51. The lowest BCUT2D eigenvalue weighted by molar-refractivity contribution is 0.271. The van der Waals surface area contributed by atoms with Crippen LogP contribution in [0.25, 0.3) is 22.4 Å². The van der Waals surface area contributed by atoms with E-state index in [1.807, 2.05) is 54.6 Å². The molecule has 0 atom stereocenters. The third-order valence-corrected chi connectivity index (χ3v) is 5.48. The minimum atomic E-state index is -0.157. The Morgan fingerprint density at radius 3 is 2.68 bits per heavy atom. The number of benzene rings is 2. The smallest absolute Gasteiger partial charge is 0.291 e. The van der Waals surface area contributed by atoms with E-state index in [9.17, 15) is 4.79 Å². The number of ether oxygens (including phenoxy) is 1. The summed E-state index contributed by atoms with van der Waals surface area (Å²) in [6, 6.07) is 15.4. The van der Waals surface area contributed by atoms with Crippen molar-refractivity contribution >= 4 is 38.3 Å². The third-order valence-electron chi connectivity index (χ3n) is 4.02. The monoisotopic (exact) mass is 455 g/mol. The molecule has 5 nitrogen and oxygen atoms in total. The molecule has 0 saturated carbocycles. The maximum absolute atomic E-state index is 12.7. The molecule has 2 aromatic carbocycles. The van der Waals surface area contributed by atoms with Gasteiger partial charge in [0.25, 0.3) is 5.56 Å². The standard InChI is InChI=1S/C21H18BrN3O2S/c1-13(2)12-27-17-8-6-15(7-9-17)19-23-21-25(24-19)20(26)18(28-21)11-14-4-3-5-16(22)10-14/h3-11,13H,12H2,1-2H3/b18-11-. The van der Waals surface area contributed by atoms with E-state index >= 15 is 0 Å². The van der Waals surface area contributed by atoms with Crippen molar-refractivity contribution in [2.24, 2.45) is 5.92 Å². The van der Waals surface area contributed by atoms with Gasteiger partial charge in [-0.3, -0.25) is 4.79 Å². The van der Waals surface area contributed by atoms with E-state index in [1.165, 1.54) is 15.9 Å². The van der Waals surface area contributed by atoms with Crippen molar-refractivity contribution in [1.29, 1.82) is 0 Å². The molecule has 0 spiro atoms.